The maximum atomic E-state index is 8.37. The molecule has 82 valence electrons. The Bertz CT molecular complexity index is 472. The number of guanidine groups is 1. The van der Waals surface area contributed by atoms with Crippen molar-refractivity contribution in [3.05, 3.63) is 23.8 Å². The molecule has 5 heteroatoms. The molecule has 0 aromatic heterocycles. The molecule has 2 rings (SSSR count). The lowest BCUT2D eigenvalue weighted by Gasteiger charge is -2.03. The zero-order valence-corrected chi connectivity index (χ0v) is 8.99. The number of rotatable bonds is 1. The molecule has 4 N–H and O–H groups in total. The number of nitrogens with zero attached hydrogens (tertiary/aromatic N) is 2. The summed E-state index contributed by atoms with van der Waals surface area (Å²) < 4.78 is 0. The molecule has 1 aromatic carbocycles. The molecule has 0 saturated carbocycles. The van der Waals surface area contributed by atoms with Gasteiger partial charge < -0.3 is 11.1 Å². The SMILES string of the molecule is CC1Cc2ccc(N=C(N)NC#N)cc2N1. The van der Waals surface area contributed by atoms with Gasteiger partial charge in [0.05, 0.1) is 5.69 Å². The highest BCUT2D eigenvalue weighted by Crippen LogP contribution is 2.29. The van der Waals surface area contributed by atoms with E-state index in [4.69, 9.17) is 11.0 Å². The third kappa shape index (κ3) is 2.06. The summed E-state index contributed by atoms with van der Waals surface area (Å²) >= 11 is 0. The van der Waals surface area contributed by atoms with Crippen LogP contribution < -0.4 is 16.4 Å². The second kappa shape index (κ2) is 4.11. The average Bonchev–Trinajstić information content (AvgIpc) is 2.57. The molecule has 0 radical (unpaired) electrons. The quantitative estimate of drug-likeness (QED) is 0.283. The number of nitrogens with two attached hydrogens (primary N) is 1. The average molecular weight is 215 g/mol. The van der Waals surface area contributed by atoms with Crippen molar-refractivity contribution in [2.45, 2.75) is 19.4 Å². The summed E-state index contributed by atoms with van der Waals surface area (Å²) in [5.41, 5.74) is 8.61. The highest BCUT2D eigenvalue weighted by molar-refractivity contribution is 5.82. The minimum Gasteiger partial charge on any atom is -0.382 e. The summed E-state index contributed by atoms with van der Waals surface area (Å²) in [4.78, 5) is 4.07. The number of aliphatic imine (C=N–C) groups is 1. The molecule has 0 fully saturated rings. The number of nitrogens with one attached hydrogen (secondary N) is 2. The molecule has 0 amide bonds. The van der Waals surface area contributed by atoms with E-state index in [1.807, 2.05) is 18.2 Å². The second-order valence-corrected chi connectivity index (χ2v) is 3.82. The van der Waals surface area contributed by atoms with E-state index in [2.05, 4.69) is 22.5 Å². The monoisotopic (exact) mass is 215 g/mol. The van der Waals surface area contributed by atoms with Crippen molar-refractivity contribution in [3.63, 3.8) is 0 Å². The molecule has 1 aliphatic rings. The highest BCUT2D eigenvalue weighted by atomic mass is 15.1. The van der Waals surface area contributed by atoms with E-state index < -0.39 is 0 Å². The van der Waals surface area contributed by atoms with Gasteiger partial charge in [-0.25, -0.2) is 4.99 Å². The summed E-state index contributed by atoms with van der Waals surface area (Å²) in [5, 5.41) is 14.0. The fourth-order valence-corrected chi connectivity index (χ4v) is 1.82. The Morgan fingerprint density at radius 3 is 3.25 bits per heavy atom. The summed E-state index contributed by atoms with van der Waals surface area (Å²) in [6.07, 6.45) is 2.76. The molecule has 0 bridgehead atoms. The van der Waals surface area contributed by atoms with Gasteiger partial charge in [0.15, 0.2) is 6.19 Å². The molecule has 1 aliphatic heterocycles. The van der Waals surface area contributed by atoms with Crippen LogP contribution in [-0.2, 0) is 6.42 Å². The summed E-state index contributed by atoms with van der Waals surface area (Å²) in [6.45, 7) is 2.13. The zero-order chi connectivity index (χ0) is 11.5. The first-order valence-electron chi connectivity index (χ1n) is 5.08. The van der Waals surface area contributed by atoms with Gasteiger partial charge in [-0.3, -0.25) is 5.32 Å². The lowest BCUT2D eigenvalue weighted by atomic mass is 10.1. The molecule has 16 heavy (non-hydrogen) atoms. The van der Waals surface area contributed by atoms with Crippen molar-refractivity contribution < 1.29 is 0 Å². The Balaban J connectivity index is 2.23. The van der Waals surface area contributed by atoms with Gasteiger partial charge in [-0.15, -0.1) is 0 Å². The maximum absolute atomic E-state index is 8.37. The van der Waals surface area contributed by atoms with Gasteiger partial charge in [0, 0.05) is 11.7 Å². The van der Waals surface area contributed by atoms with E-state index in [1.54, 1.807) is 6.19 Å². The normalized spacial score (nSPS) is 18.5. The first kappa shape index (κ1) is 10.3. The van der Waals surface area contributed by atoms with Gasteiger partial charge in [-0.05, 0) is 31.0 Å². The van der Waals surface area contributed by atoms with Crippen molar-refractivity contribution >= 4 is 17.3 Å². The van der Waals surface area contributed by atoms with Gasteiger partial charge >= 0.3 is 0 Å². The minimum atomic E-state index is 0.105. The number of benzene rings is 1. The van der Waals surface area contributed by atoms with E-state index >= 15 is 0 Å². The molecule has 0 spiro atoms. The van der Waals surface area contributed by atoms with Crippen LogP contribution >= 0.6 is 0 Å². The van der Waals surface area contributed by atoms with E-state index in [0.29, 0.717) is 6.04 Å². The van der Waals surface area contributed by atoms with Crippen LogP contribution in [0.4, 0.5) is 11.4 Å². The first-order valence-corrected chi connectivity index (χ1v) is 5.08. The number of anilines is 1. The number of nitriles is 1. The van der Waals surface area contributed by atoms with Crippen LogP contribution in [0.2, 0.25) is 0 Å². The van der Waals surface area contributed by atoms with Gasteiger partial charge in [0.1, 0.15) is 0 Å². The lowest BCUT2D eigenvalue weighted by molar-refractivity contribution is 0.839. The summed E-state index contributed by atoms with van der Waals surface area (Å²) in [5.74, 6) is 0.105. The minimum absolute atomic E-state index is 0.105. The van der Waals surface area contributed by atoms with Gasteiger partial charge in [0.25, 0.3) is 0 Å². The molecule has 0 saturated heterocycles. The number of hydrogen-bond acceptors (Lipinski definition) is 3. The fraction of sp³-hybridized carbons (Fsp3) is 0.273. The predicted octanol–water partition coefficient (Wildman–Crippen LogP) is 1.06. The zero-order valence-electron chi connectivity index (χ0n) is 8.99. The molecular formula is C11H13N5. The molecular weight excluding hydrogens is 202 g/mol. The lowest BCUT2D eigenvalue weighted by Crippen LogP contribution is -2.26. The maximum Gasteiger partial charge on any atom is 0.207 e. The van der Waals surface area contributed by atoms with Crippen molar-refractivity contribution in [1.29, 1.82) is 5.26 Å². The van der Waals surface area contributed by atoms with Crippen molar-refractivity contribution in [1.82, 2.24) is 5.32 Å². The van der Waals surface area contributed by atoms with Gasteiger partial charge in [-0.1, -0.05) is 6.07 Å². The fourth-order valence-electron chi connectivity index (χ4n) is 1.82. The Hall–Kier alpha value is -2.22. The molecule has 1 unspecified atom stereocenters. The van der Waals surface area contributed by atoms with Crippen LogP contribution in [0.25, 0.3) is 0 Å². The van der Waals surface area contributed by atoms with Gasteiger partial charge in [-0.2, -0.15) is 5.26 Å². The van der Waals surface area contributed by atoms with Crippen LogP contribution in [0.3, 0.4) is 0 Å². The number of hydrogen-bond donors (Lipinski definition) is 3. The van der Waals surface area contributed by atoms with E-state index in [9.17, 15) is 0 Å². The largest absolute Gasteiger partial charge is 0.382 e. The molecule has 5 nitrogen and oxygen atoms in total. The van der Waals surface area contributed by atoms with E-state index in [1.165, 1.54) is 5.56 Å². The Labute approximate surface area is 94.0 Å². The molecule has 1 aromatic rings. The Kier molecular flexibility index (Phi) is 2.64. The smallest absolute Gasteiger partial charge is 0.207 e. The predicted molar refractivity (Wildman–Crippen MR) is 63.3 cm³/mol. The Morgan fingerprint density at radius 2 is 2.50 bits per heavy atom. The second-order valence-electron chi connectivity index (χ2n) is 3.82. The van der Waals surface area contributed by atoms with Gasteiger partial charge in [0.2, 0.25) is 5.96 Å². The first-order chi connectivity index (χ1) is 7.69. The number of fused-ring (bicyclic) bond motifs is 1. The topological polar surface area (TPSA) is 86.2 Å². The molecule has 1 heterocycles. The van der Waals surface area contributed by atoms with Crippen LogP contribution in [-0.4, -0.2) is 12.0 Å². The summed E-state index contributed by atoms with van der Waals surface area (Å²) in [6, 6.07) is 6.32. The Morgan fingerprint density at radius 1 is 1.69 bits per heavy atom. The van der Waals surface area contributed by atoms with Crippen molar-refractivity contribution in [2.24, 2.45) is 10.7 Å². The van der Waals surface area contributed by atoms with Crippen LogP contribution in [0, 0.1) is 11.5 Å². The molecule has 0 aliphatic carbocycles. The third-order valence-corrected chi connectivity index (χ3v) is 2.45. The standard InChI is InChI=1S/C11H13N5/c1-7-4-8-2-3-9(5-10(8)15-7)16-11(13)14-6-12/h2-3,5,7,15H,4H2,1H3,(H3,13,14,16). The summed E-state index contributed by atoms with van der Waals surface area (Å²) in [7, 11) is 0. The molecule has 1 atom stereocenters. The van der Waals surface area contributed by atoms with E-state index in [0.717, 1.165) is 17.8 Å². The van der Waals surface area contributed by atoms with Crippen molar-refractivity contribution in [3.8, 4) is 6.19 Å². The highest BCUT2D eigenvalue weighted by Gasteiger charge is 2.16. The van der Waals surface area contributed by atoms with E-state index in [-0.39, 0.29) is 5.96 Å². The third-order valence-electron chi connectivity index (χ3n) is 2.45. The van der Waals surface area contributed by atoms with Crippen molar-refractivity contribution in [2.75, 3.05) is 5.32 Å². The van der Waals surface area contributed by atoms with Crippen LogP contribution in [0.15, 0.2) is 23.2 Å². The van der Waals surface area contributed by atoms with Crippen LogP contribution in [0.1, 0.15) is 12.5 Å². The van der Waals surface area contributed by atoms with Crippen LogP contribution in [0.5, 0.6) is 0 Å².